The van der Waals surface area contributed by atoms with E-state index in [2.05, 4.69) is 17.0 Å². The summed E-state index contributed by atoms with van der Waals surface area (Å²) in [6.45, 7) is 6.09. The third-order valence-corrected chi connectivity index (χ3v) is 7.47. The Morgan fingerprint density at radius 3 is 2.24 bits per heavy atom. The summed E-state index contributed by atoms with van der Waals surface area (Å²) in [6.07, 6.45) is 1.41. The van der Waals surface area contributed by atoms with Crippen molar-refractivity contribution in [3.8, 4) is 0 Å². The Morgan fingerprint density at radius 2 is 1.55 bits per heavy atom. The van der Waals surface area contributed by atoms with Crippen molar-refractivity contribution < 1.29 is 19.5 Å². The molecule has 7 heteroatoms. The van der Waals surface area contributed by atoms with Gasteiger partial charge in [0.1, 0.15) is 5.54 Å². The molecule has 2 heterocycles. The van der Waals surface area contributed by atoms with E-state index >= 15 is 0 Å². The molecule has 0 atom stereocenters. The summed E-state index contributed by atoms with van der Waals surface area (Å²) in [5.41, 5.74) is 0.736. The molecule has 0 saturated carbocycles. The van der Waals surface area contributed by atoms with Crippen molar-refractivity contribution in [1.29, 1.82) is 0 Å². The van der Waals surface area contributed by atoms with Crippen molar-refractivity contribution in [3.05, 3.63) is 83.9 Å². The summed E-state index contributed by atoms with van der Waals surface area (Å²) < 4.78 is 0. The molecule has 200 valence electrons. The van der Waals surface area contributed by atoms with Gasteiger partial charge in [-0.15, -0.1) is 0 Å². The molecule has 1 spiro atoms. The number of Topliss-reactive ketones (excluding diaryl/α,β-unsaturated/α-hetero) is 1. The Balaban J connectivity index is 0.00000164. The predicted molar refractivity (Wildman–Crippen MR) is 149 cm³/mol. The van der Waals surface area contributed by atoms with E-state index < -0.39 is 11.6 Å². The highest BCUT2D eigenvalue weighted by Crippen LogP contribution is 2.38. The van der Waals surface area contributed by atoms with Crippen LogP contribution in [0.3, 0.4) is 0 Å². The lowest BCUT2D eigenvalue weighted by Crippen LogP contribution is -2.56. The Bertz CT molecular complexity index is 1270. The number of hydrogen-bond acceptors (Lipinski definition) is 5. The largest absolute Gasteiger partial charge is 0.396 e. The smallest absolute Gasteiger partial charge is 0.328 e. The van der Waals surface area contributed by atoms with Crippen LogP contribution in [0.15, 0.2) is 72.8 Å². The molecule has 0 radical (unpaired) electrons. The van der Waals surface area contributed by atoms with Crippen LogP contribution in [-0.2, 0) is 11.3 Å². The number of rotatable bonds is 8. The maximum absolute atomic E-state index is 13.7. The summed E-state index contributed by atoms with van der Waals surface area (Å²) in [6, 6.07) is 23.0. The summed E-state index contributed by atoms with van der Waals surface area (Å²) >= 11 is 0. The number of ketones is 1. The van der Waals surface area contributed by atoms with Crippen LogP contribution < -0.4 is 0 Å². The monoisotopic (exact) mass is 515 g/mol. The molecule has 3 aromatic rings. The number of hydrogen-bond donors (Lipinski definition) is 1. The van der Waals surface area contributed by atoms with Gasteiger partial charge in [0.15, 0.2) is 5.78 Å². The van der Waals surface area contributed by atoms with Crippen molar-refractivity contribution in [1.82, 2.24) is 14.7 Å². The molecule has 0 aliphatic carbocycles. The number of likely N-dealkylation sites (tertiary alicyclic amines) is 1. The SMILES string of the molecule is CC.O=C(CN1C(=O)N(CCCO)C2(CCN(Cc3ccccc3)CC2)C1=O)c1ccc2ccccc2c1. The molecule has 0 unspecified atom stereocenters. The number of fused-ring (bicyclic) bond motifs is 1. The third-order valence-electron chi connectivity index (χ3n) is 7.47. The molecule has 3 amide bonds. The van der Waals surface area contributed by atoms with Gasteiger partial charge in [-0.1, -0.05) is 80.6 Å². The van der Waals surface area contributed by atoms with Gasteiger partial charge in [-0.3, -0.25) is 19.4 Å². The number of benzene rings is 3. The molecule has 0 bridgehead atoms. The number of carbonyl (C=O) groups excluding carboxylic acids is 3. The van der Waals surface area contributed by atoms with Crippen LogP contribution in [0.25, 0.3) is 10.8 Å². The van der Waals surface area contributed by atoms with E-state index in [4.69, 9.17) is 0 Å². The highest BCUT2D eigenvalue weighted by atomic mass is 16.3. The first-order chi connectivity index (χ1) is 18.5. The number of amides is 3. The molecule has 2 aliphatic rings. The van der Waals surface area contributed by atoms with Gasteiger partial charge >= 0.3 is 6.03 Å². The van der Waals surface area contributed by atoms with E-state index in [0.717, 1.165) is 22.2 Å². The van der Waals surface area contributed by atoms with Gasteiger partial charge in [-0.25, -0.2) is 4.79 Å². The highest BCUT2D eigenvalue weighted by molar-refractivity contribution is 6.11. The van der Waals surface area contributed by atoms with Crippen LogP contribution in [0, 0.1) is 0 Å². The fourth-order valence-electron chi connectivity index (χ4n) is 5.46. The fourth-order valence-corrected chi connectivity index (χ4v) is 5.46. The number of urea groups is 1. The lowest BCUT2D eigenvalue weighted by molar-refractivity contribution is -0.135. The van der Waals surface area contributed by atoms with E-state index in [9.17, 15) is 19.5 Å². The molecule has 0 aromatic heterocycles. The van der Waals surface area contributed by atoms with Gasteiger partial charge in [0.05, 0.1) is 6.54 Å². The van der Waals surface area contributed by atoms with E-state index in [1.54, 1.807) is 11.0 Å². The first kappa shape index (κ1) is 27.5. The zero-order valence-corrected chi connectivity index (χ0v) is 22.3. The van der Waals surface area contributed by atoms with Crippen molar-refractivity contribution in [2.75, 3.05) is 32.8 Å². The van der Waals surface area contributed by atoms with E-state index in [1.165, 1.54) is 5.56 Å². The van der Waals surface area contributed by atoms with Gasteiger partial charge in [0, 0.05) is 38.3 Å². The van der Waals surface area contributed by atoms with Crippen LogP contribution in [0.5, 0.6) is 0 Å². The maximum atomic E-state index is 13.7. The van der Waals surface area contributed by atoms with Crippen molar-refractivity contribution >= 4 is 28.5 Å². The number of aliphatic hydroxyl groups excluding tert-OH is 1. The number of imide groups is 1. The highest BCUT2D eigenvalue weighted by Gasteiger charge is 2.57. The second-order valence-electron chi connectivity index (χ2n) is 9.68. The summed E-state index contributed by atoms with van der Waals surface area (Å²) in [7, 11) is 0. The van der Waals surface area contributed by atoms with Crippen molar-refractivity contribution in [3.63, 3.8) is 0 Å². The molecule has 2 aliphatic heterocycles. The lowest BCUT2D eigenvalue weighted by Gasteiger charge is -2.42. The van der Waals surface area contributed by atoms with Crippen LogP contribution in [0.4, 0.5) is 4.79 Å². The van der Waals surface area contributed by atoms with Gasteiger partial charge in [0.2, 0.25) is 0 Å². The van der Waals surface area contributed by atoms with Crippen LogP contribution in [0.1, 0.15) is 49.0 Å². The first-order valence-electron chi connectivity index (χ1n) is 13.5. The minimum Gasteiger partial charge on any atom is -0.396 e. The summed E-state index contributed by atoms with van der Waals surface area (Å²) in [5, 5.41) is 11.4. The molecular weight excluding hydrogens is 478 g/mol. The zero-order valence-electron chi connectivity index (χ0n) is 22.3. The first-order valence-corrected chi connectivity index (χ1v) is 13.5. The zero-order chi connectivity index (χ0) is 27.1. The predicted octanol–water partition coefficient (Wildman–Crippen LogP) is 4.73. The van der Waals surface area contributed by atoms with Crippen molar-refractivity contribution in [2.24, 2.45) is 0 Å². The van der Waals surface area contributed by atoms with Gasteiger partial charge in [-0.05, 0) is 41.7 Å². The van der Waals surface area contributed by atoms with Crippen LogP contribution in [-0.4, -0.2) is 75.9 Å². The molecule has 38 heavy (non-hydrogen) atoms. The topological polar surface area (TPSA) is 81.2 Å². The number of nitrogens with zero attached hydrogens (tertiary/aromatic N) is 3. The third kappa shape index (κ3) is 5.49. The second kappa shape index (κ2) is 12.3. The summed E-state index contributed by atoms with van der Waals surface area (Å²) in [5.74, 6) is -0.554. The minimum atomic E-state index is -0.955. The maximum Gasteiger partial charge on any atom is 0.328 e. The van der Waals surface area contributed by atoms with Crippen molar-refractivity contribution in [2.45, 2.75) is 45.2 Å². The van der Waals surface area contributed by atoms with E-state index in [-0.39, 0.29) is 24.8 Å². The molecule has 5 rings (SSSR count). The molecule has 7 nitrogen and oxygen atoms in total. The second-order valence-corrected chi connectivity index (χ2v) is 9.68. The average Bonchev–Trinajstić information content (AvgIpc) is 3.15. The lowest BCUT2D eigenvalue weighted by atomic mass is 9.85. The van der Waals surface area contributed by atoms with Gasteiger partial charge in [-0.2, -0.15) is 0 Å². The van der Waals surface area contributed by atoms with E-state index in [1.807, 2.05) is 68.4 Å². The standard InChI is InChI=1S/C29H31N3O4.C2H6/c33-18-6-15-32-28(36)31(21-26(34)25-12-11-23-9-4-5-10-24(23)19-25)27(35)29(32)13-16-30(17-14-29)20-22-7-2-1-3-8-22;1-2/h1-5,7-12,19,33H,6,13-18,20-21H2;1-2H3. The Morgan fingerprint density at radius 1 is 0.895 bits per heavy atom. The van der Waals surface area contributed by atoms with Crippen LogP contribution in [0.2, 0.25) is 0 Å². The quantitative estimate of drug-likeness (QED) is 0.347. The fraction of sp³-hybridized carbons (Fsp3) is 0.387. The number of carbonyl (C=O) groups is 3. The van der Waals surface area contributed by atoms with Gasteiger partial charge in [0.25, 0.3) is 5.91 Å². The normalized spacial score (nSPS) is 17.1. The summed E-state index contributed by atoms with van der Waals surface area (Å²) in [4.78, 5) is 45.4. The molecule has 1 N–H and O–H groups in total. The molecule has 2 saturated heterocycles. The van der Waals surface area contributed by atoms with E-state index in [0.29, 0.717) is 44.5 Å². The average molecular weight is 516 g/mol. The molecular formula is C31H37N3O4. The Hall–Kier alpha value is -3.55. The number of piperidine rings is 1. The molecule has 3 aromatic carbocycles. The minimum absolute atomic E-state index is 0.0653. The van der Waals surface area contributed by atoms with Gasteiger partial charge < -0.3 is 10.0 Å². The Kier molecular flexibility index (Phi) is 8.92. The van der Waals surface area contributed by atoms with Crippen LogP contribution >= 0.6 is 0 Å². The Labute approximate surface area is 224 Å². The number of aliphatic hydroxyl groups is 1. The molecule has 2 fully saturated rings.